The SMILES string of the molecule is CCNC(=NCC(C)N1CCN(C)CC1)N(C)Cc1ncc(-c2ccccc2)[nH]1. The van der Waals surface area contributed by atoms with E-state index in [-0.39, 0.29) is 0 Å². The minimum Gasteiger partial charge on any atom is -0.357 e. The molecule has 158 valence electrons. The molecule has 7 heteroatoms. The van der Waals surface area contributed by atoms with E-state index >= 15 is 0 Å². The van der Waals surface area contributed by atoms with Gasteiger partial charge in [-0.25, -0.2) is 4.98 Å². The first-order chi connectivity index (χ1) is 14.1. The Morgan fingerprint density at radius 2 is 1.97 bits per heavy atom. The summed E-state index contributed by atoms with van der Waals surface area (Å²) in [7, 11) is 4.25. The van der Waals surface area contributed by atoms with Gasteiger partial charge in [-0.3, -0.25) is 9.89 Å². The van der Waals surface area contributed by atoms with Gasteiger partial charge in [-0.2, -0.15) is 0 Å². The molecule has 2 N–H and O–H groups in total. The first-order valence-corrected chi connectivity index (χ1v) is 10.6. The Hall–Kier alpha value is -2.38. The summed E-state index contributed by atoms with van der Waals surface area (Å²) < 4.78 is 0. The van der Waals surface area contributed by atoms with Gasteiger partial charge in [0.1, 0.15) is 5.82 Å². The Labute approximate surface area is 174 Å². The van der Waals surface area contributed by atoms with Crippen LogP contribution in [0, 0.1) is 0 Å². The van der Waals surface area contributed by atoms with E-state index < -0.39 is 0 Å². The van der Waals surface area contributed by atoms with Crippen molar-refractivity contribution < 1.29 is 0 Å². The van der Waals surface area contributed by atoms with Gasteiger partial charge in [-0.15, -0.1) is 0 Å². The Morgan fingerprint density at radius 1 is 1.24 bits per heavy atom. The quantitative estimate of drug-likeness (QED) is 0.553. The molecule has 0 aliphatic carbocycles. The number of imidazole rings is 1. The first-order valence-electron chi connectivity index (χ1n) is 10.6. The number of piperazine rings is 1. The summed E-state index contributed by atoms with van der Waals surface area (Å²) in [4.78, 5) is 19.9. The van der Waals surface area contributed by atoms with Crippen LogP contribution in [-0.2, 0) is 6.54 Å². The monoisotopic (exact) mass is 397 g/mol. The molecule has 1 aromatic carbocycles. The summed E-state index contributed by atoms with van der Waals surface area (Å²) in [5.74, 6) is 1.86. The number of rotatable bonds is 7. The van der Waals surface area contributed by atoms with Gasteiger partial charge in [-0.05, 0) is 26.5 Å². The van der Waals surface area contributed by atoms with Crippen LogP contribution in [0.25, 0.3) is 11.3 Å². The minimum atomic E-state index is 0.444. The van der Waals surface area contributed by atoms with Crippen LogP contribution < -0.4 is 5.32 Å². The van der Waals surface area contributed by atoms with Crippen molar-refractivity contribution in [2.45, 2.75) is 26.4 Å². The van der Waals surface area contributed by atoms with Crippen LogP contribution in [-0.4, -0.2) is 90.0 Å². The first kappa shape index (κ1) is 21.3. The number of benzene rings is 1. The zero-order valence-corrected chi connectivity index (χ0v) is 18.2. The molecule has 0 saturated carbocycles. The van der Waals surface area contributed by atoms with Gasteiger partial charge in [0.15, 0.2) is 5.96 Å². The van der Waals surface area contributed by atoms with Crippen molar-refractivity contribution in [3.05, 3.63) is 42.4 Å². The number of hydrogen-bond acceptors (Lipinski definition) is 4. The number of H-pyrrole nitrogens is 1. The second kappa shape index (κ2) is 10.4. The number of hydrogen-bond donors (Lipinski definition) is 2. The summed E-state index contributed by atoms with van der Waals surface area (Å²) in [5.41, 5.74) is 2.19. The Balaban J connectivity index is 1.59. The lowest BCUT2D eigenvalue weighted by molar-refractivity contribution is 0.122. The van der Waals surface area contributed by atoms with Gasteiger partial charge in [0, 0.05) is 45.8 Å². The zero-order chi connectivity index (χ0) is 20.6. The number of nitrogens with zero attached hydrogens (tertiary/aromatic N) is 5. The number of nitrogens with one attached hydrogen (secondary N) is 2. The molecular formula is C22H35N7. The molecule has 1 atom stereocenters. The van der Waals surface area contributed by atoms with E-state index in [0.717, 1.165) is 62.3 Å². The fraction of sp³-hybridized carbons (Fsp3) is 0.545. The van der Waals surface area contributed by atoms with Crippen molar-refractivity contribution in [3.8, 4) is 11.3 Å². The second-order valence-electron chi connectivity index (χ2n) is 7.85. The average molecular weight is 398 g/mol. The number of aromatic nitrogens is 2. The highest BCUT2D eigenvalue weighted by Crippen LogP contribution is 2.16. The molecular weight excluding hydrogens is 362 g/mol. The standard InChI is InChI=1S/C22H35N7/c1-5-23-22(25-15-18(2)29-13-11-27(3)12-14-29)28(4)17-21-24-16-20(26-21)19-9-7-6-8-10-19/h6-10,16,18H,5,11-15,17H2,1-4H3,(H,23,25)(H,24,26). The fourth-order valence-corrected chi connectivity index (χ4v) is 3.57. The topological polar surface area (TPSA) is 62.8 Å². The highest BCUT2D eigenvalue weighted by atomic mass is 15.3. The van der Waals surface area contributed by atoms with E-state index in [9.17, 15) is 0 Å². The molecule has 29 heavy (non-hydrogen) atoms. The lowest BCUT2D eigenvalue weighted by Crippen LogP contribution is -2.49. The van der Waals surface area contributed by atoms with Crippen molar-refractivity contribution in [2.24, 2.45) is 4.99 Å². The number of guanidine groups is 1. The highest BCUT2D eigenvalue weighted by Gasteiger charge is 2.19. The van der Waals surface area contributed by atoms with Gasteiger partial charge in [0.05, 0.1) is 25.0 Å². The van der Waals surface area contributed by atoms with E-state index in [4.69, 9.17) is 4.99 Å². The summed E-state index contributed by atoms with van der Waals surface area (Å²) in [6.45, 7) is 11.2. The molecule has 1 fully saturated rings. The van der Waals surface area contributed by atoms with E-state index in [1.54, 1.807) is 0 Å². The molecule has 0 bridgehead atoms. The van der Waals surface area contributed by atoms with Gasteiger partial charge >= 0.3 is 0 Å². The van der Waals surface area contributed by atoms with Crippen LogP contribution in [0.2, 0.25) is 0 Å². The van der Waals surface area contributed by atoms with Gasteiger partial charge in [0.2, 0.25) is 0 Å². The predicted molar refractivity (Wildman–Crippen MR) is 120 cm³/mol. The van der Waals surface area contributed by atoms with Gasteiger partial charge < -0.3 is 20.1 Å². The average Bonchev–Trinajstić information content (AvgIpc) is 3.20. The lowest BCUT2D eigenvalue weighted by atomic mass is 10.2. The fourth-order valence-electron chi connectivity index (χ4n) is 3.57. The molecule has 0 radical (unpaired) electrons. The molecule has 1 unspecified atom stereocenters. The van der Waals surface area contributed by atoms with Crippen LogP contribution in [0.1, 0.15) is 19.7 Å². The molecule has 0 amide bonds. The third-order valence-corrected chi connectivity index (χ3v) is 5.46. The van der Waals surface area contributed by atoms with Crippen LogP contribution in [0.5, 0.6) is 0 Å². The summed E-state index contributed by atoms with van der Waals surface area (Å²) in [6, 6.07) is 10.7. The van der Waals surface area contributed by atoms with Crippen molar-refractivity contribution in [1.82, 2.24) is 30.0 Å². The molecule has 7 nitrogen and oxygen atoms in total. The number of aliphatic imine (C=N–C) groups is 1. The Morgan fingerprint density at radius 3 is 2.66 bits per heavy atom. The lowest BCUT2D eigenvalue weighted by Gasteiger charge is -2.36. The smallest absolute Gasteiger partial charge is 0.194 e. The molecule has 0 spiro atoms. The third kappa shape index (κ3) is 6.05. The largest absolute Gasteiger partial charge is 0.357 e. The second-order valence-corrected chi connectivity index (χ2v) is 7.85. The predicted octanol–water partition coefficient (Wildman–Crippen LogP) is 2.11. The van der Waals surface area contributed by atoms with Crippen molar-refractivity contribution in [1.29, 1.82) is 0 Å². The summed E-state index contributed by atoms with van der Waals surface area (Å²) >= 11 is 0. The number of aromatic amines is 1. The molecule has 2 heterocycles. The Kier molecular flexibility index (Phi) is 7.66. The summed E-state index contributed by atoms with van der Waals surface area (Å²) in [5, 5.41) is 3.41. The van der Waals surface area contributed by atoms with E-state index in [1.165, 1.54) is 0 Å². The van der Waals surface area contributed by atoms with E-state index in [2.05, 4.69) is 70.1 Å². The molecule has 1 saturated heterocycles. The maximum Gasteiger partial charge on any atom is 0.194 e. The molecule has 1 aromatic heterocycles. The van der Waals surface area contributed by atoms with Crippen LogP contribution >= 0.6 is 0 Å². The van der Waals surface area contributed by atoms with Crippen molar-refractivity contribution >= 4 is 5.96 Å². The van der Waals surface area contributed by atoms with Crippen molar-refractivity contribution in [3.63, 3.8) is 0 Å². The van der Waals surface area contributed by atoms with Crippen LogP contribution in [0.15, 0.2) is 41.5 Å². The third-order valence-electron chi connectivity index (χ3n) is 5.46. The molecule has 1 aliphatic heterocycles. The molecule has 2 aromatic rings. The van der Waals surface area contributed by atoms with Gasteiger partial charge in [0.25, 0.3) is 0 Å². The zero-order valence-electron chi connectivity index (χ0n) is 18.2. The maximum absolute atomic E-state index is 4.90. The van der Waals surface area contributed by atoms with Crippen LogP contribution in [0.3, 0.4) is 0 Å². The van der Waals surface area contributed by atoms with Crippen LogP contribution in [0.4, 0.5) is 0 Å². The summed E-state index contributed by atoms with van der Waals surface area (Å²) in [6.07, 6.45) is 1.90. The minimum absolute atomic E-state index is 0.444. The van der Waals surface area contributed by atoms with E-state index in [0.29, 0.717) is 12.6 Å². The van der Waals surface area contributed by atoms with E-state index in [1.807, 2.05) is 24.4 Å². The maximum atomic E-state index is 4.90. The number of likely N-dealkylation sites (N-methyl/N-ethyl adjacent to an activating group) is 1. The Bertz CT molecular complexity index is 762. The normalized spacial score (nSPS) is 17.3. The highest BCUT2D eigenvalue weighted by molar-refractivity contribution is 5.79. The van der Waals surface area contributed by atoms with Gasteiger partial charge in [-0.1, -0.05) is 30.3 Å². The molecule has 1 aliphatic rings. The molecule has 3 rings (SSSR count). The van der Waals surface area contributed by atoms with Crippen molar-refractivity contribution in [2.75, 3.05) is 53.4 Å².